The molecule has 0 heterocycles. The summed E-state index contributed by atoms with van der Waals surface area (Å²) in [7, 11) is 1.39. The molecule has 0 fully saturated rings. The van der Waals surface area contributed by atoms with Crippen LogP contribution >= 0.6 is 0 Å². The van der Waals surface area contributed by atoms with E-state index in [0.717, 1.165) is 27.7 Å². The third-order valence-electron chi connectivity index (χ3n) is 3.65. The van der Waals surface area contributed by atoms with Crippen LogP contribution in [-0.4, -0.2) is 61.8 Å². The topological polar surface area (TPSA) is 144 Å². The fraction of sp³-hybridized carbons (Fsp3) is 0.450. The molecule has 170 valence electrons. The minimum atomic E-state index is -1.74. The van der Waals surface area contributed by atoms with Crippen molar-refractivity contribution in [2.75, 3.05) is 19.0 Å². The smallest absolute Gasteiger partial charge is 0.303 e. The molecule has 0 aromatic heterocycles. The largest absolute Gasteiger partial charge is 0.495 e. The van der Waals surface area contributed by atoms with Gasteiger partial charge in [-0.2, -0.15) is 0 Å². The monoisotopic (exact) mass is 439 g/mol. The van der Waals surface area contributed by atoms with Crippen LogP contribution in [0.25, 0.3) is 0 Å². The van der Waals surface area contributed by atoms with Crippen LogP contribution in [0.3, 0.4) is 0 Å². The summed E-state index contributed by atoms with van der Waals surface area (Å²) in [6.07, 6.45) is -4.79. The summed E-state index contributed by atoms with van der Waals surface area (Å²) in [5.74, 6) is -3.82. The zero-order chi connectivity index (χ0) is 23.6. The number of hydrogen-bond acceptors (Lipinski definition) is 10. The summed E-state index contributed by atoms with van der Waals surface area (Å²) in [6, 6.07) is 6.42. The lowest BCUT2D eigenvalue weighted by Crippen LogP contribution is -2.52. The first-order chi connectivity index (χ1) is 14.5. The summed E-state index contributed by atoms with van der Waals surface area (Å²) in [4.78, 5) is 59.1. The lowest BCUT2D eigenvalue weighted by atomic mass is 10.1. The fourth-order valence-corrected chi connectivity index (χ4v) is 2.53. The Morgan fingerprint density at radius 2 is 1.42 bits per heavy atom. The molecule has 1 rings (SSSR count). The number of hydrogen-bond donors (Lipinski definition) is 1. The number of ether oxygens (including phenoxy) is 5. The normalized spacial score (nSPS) is 13.1. The van der Waals surface area contributed by atoms with Crippen LogP contribution in [0.4, 0.5) is 5.69 Å². The summed E-state index contributed by atoms with van der Waals surface area (Å²) in [6.45, 7) is 3.73. The molecule has 31 heavy (non-hydrogen) atoms. The molecule has 0 aliphatic heterocycles. The molecule has 1 aromatic rings. The Bertz CT molecular complexity index is 822. The number of benzene rings is 1. The van der Waals surface area contributed by atoms with Crippen molar-refractivity contribution < 1.29 is 47.7 Å². The molecule has 0 aliphatic carbocycles. The minimum absolute atomic E-state index is 0.248. The van der Waals surface area contributed by atoms with E-state index in [-0.39, 0.29) is 5.69 Å². The maximum absolute atomic E-state index is 13.0. The van der Waals surface area contributed by atoms with Gasteiger partial charge in [-0.3, -0.25) is 24.0 Å². The van der Waals surface area contributed by atoms with Gasteiger partial charge >= 0.3 is 23.9 Å². The van der Waals surface area contributed by atoms with Gasteiger partial charge in [0.25, 0.3) is 5.91 Å². The number of carbonyl (C=O) groups is 5. The Hall–Kier alpha value is -3.63. The number of carbonyl (C=O) groups excluding carboxylic acids is 5. The summed E-state index contributed by atoms with van der Waals surface area (Å²) >= 11 is 0. The molecule has 0 unspecified atom stereocenters. The maximum Gasteiger partial charge on any atom is 0.303 e. The van der Waals surface area contributed by atoms with Crippen LogP contribution in [0, 0.1) is 0 Å². The van der Waals surface area contributed by atoms with E-state index in [1.54, 1.807) is 18.2 Å². The number of para-hydroxylation sites is 2. The van der Waals surface area contributed by atoms with Crippen LogP contribution in [-0.2, 0) is 42.9 Å². The number of amides is 1. The molecule has 0 radical (unpaired) electrons. The molecule has 3 atom stereocenters. The molecule has 0 saturated carbocycles. The van der Waals surface area contributed by atoms with Gasteiger partial charge in [0, 0.05) is 27.7 Å². The Labute approximate surface area is 178 Å². The predicted molar refractivity (Wildman–Crippen MR) is 105 cm³/mol. The lowest BCUT2D eigenvalue weighted by Gasteiger charge is -2.31. The van der Waals surface area contributed by atoms with Gasteiger partial charge in [0.05, 0.1) is 12.8 Å². The van der Waals surface area contributed by atoms with E-state index < -0.39 is 54.7 Å². The molecule has 0 bridgehead atoms. The van der Waals surface area contributed by atoms with Gasteiger partial charge in [0.15, 0.2) is 12.2 Å². The van der Waals surface area contributed by atoms with Crippen LogP contribution in [0.1, 0.15) is 27.7 Å². The number of methoxy groups -OCH3 is 1. The molecule has 11 nitrogen and oxygen atoms in total. The number of nitrogens with one attached hydrogen (secondary N) is 1. The quantitative estimate of drug-likeness (QED) is 0.414. The number of anilines is 1. The number of esters is 4. The lowest BCUT2D eigenvalue weighted by molar-refractivity contribution is -0.190. The second kappa shape index (κ2) is 12.2. The summed E-state index contributed by atoms with van der Waals surface area (Å²) in [5.41, 5.74) is 0.248. The van der Waals surface area contributed by atoms with Gasteiger partial charge in [-0.25, -0.2) is 0 Å². The molecule has 1 amide bonds. The van der Waals surface area contributed by atoms with Gasteiger partial charge in [0.1, 0.15) is 12.4 Å². The first-order valence-electron chi connectivity index (χ1n) is 9.14. The number of rotatable bonds is 10. The standard InChI is InChI=1S/C20H25NO10/c1-11(22)28-10-17(29-12(2)23)18(30-13(3)24)19(31-14(4)25)20(26)21-15-8-6-7-9-16(15)27-5/h6-9,17-19H,10H2,1-5H3,(H,21,26)/t17-,18+,19+/m0/s1. The van der Waals surface area contributed by atoms with E-state index in [1.807, 2.05) is 0 Å². The van der Waals surface area contributed by atoms with Crippen LogP contribution < -0.4 is 10.1 Å². The highest BCUT2D eigenvalue weighted by Crippen LogP contribution is 2.24. The molecule has 0 saturated heterocycles. The van der Waals surface area contributed by atoms with Crippen molar-refractivity contribution in [3.8, 4) is 5.75 Å². The zero-order valence-electron chi connectivity index (χ0n) is 17.8. The van der Waals surface area contributed by atoms with Crippen LogP contribution in [0.2, 0.25) is 0 Å². The second-order valence-corrected chi connectivity index (χ2v) is 6.24. The van der Waals surface area contributed by atoms with E-state index >= 15 is 0 Å². The van der Waals surface area contributed by atoms with Gasteiger partial charge in [0.2, 0.25) is 6.10 Å². The third-order valence-corrected chi connectivity index (χ3v) is 3.65. The highest BCUT2D eigenvalue weighted by molar-refractivity contribution is 5.97. The van der Waals surface area contributed by atoms with Gasteiger partial charge in [-0.15, -0.1) is 0 Å². The molecule has 0 spiro atoms. The minimum Gasteiger partial charge on any atom is -0.495 e. The third kappa shape index (κ3) is 8.72. The highest BCUT2D eigenvalue weighted by atomic mass is 16.6. The first kappa shape index (κ1) is 25.4. The molecule has 1 aromatic carbocycles. The summed E-state index contributed by atoms with van der Waals surface area (Å²) in [5, 5.41) is 2.51. The molecular weight excluding hydrogens is 414 g/mol. The SMILES string of the molecule is COc1ccccc1NC(=O)[C@H](OC(C)=O)[C@H](OC(C)=O)[C@H](COC(C)=O)OC(C)=O. The molecule has 0 aliphatic rings. The van der Waals surface area contributed by atoms with E-state index in [2.05, 4.69) is 5.32 Å². The molecule has 11 heteroatoms. The van der Waals surface area contributed by atoms with Crippen molar-refractivity contribution in [1.82, 2.24) is 0 Å². The van der Waals surface area contributed by atoms with Gasteiger partial charge in [-0.05, 0) is 12.1 Å². The Morgan fingerprint density at radius 1 is 0.839 bits per heavy atom. The zero-order valence-corrected chi connectivity index (χ0v) is 17.8. The van der Waals surface area contributed by atoms with Gasteiger partial charge < -0.3 is 29.0 Å². The second-order valence-electron chi connectivity index (χ2n) is 6.24. The van der Waals surface area contributed by atoms with E-state index in [1.165, 1.54) is 13.2 Å². The average Bonchev–Trinajstić information content (AvgIpc) is 2.67. The Balaban J connectivity index is 3.33. The maximum atomic E-state index is 13.0. The van der Waals surface area contributed by atoms with E-state index in [4.69, 9.17) is 23.7 Å². The Kier molecular flexibility index (Phi) is 9.96. The molecular formula is C20H25NO10. The summed E-state index contributed by atoms with van der Waals surface area (Å²) < 4.78 is 25.3. The average molecular weight is 439 g/mol. The van der Waals surface area contributed by atoms with Crippen molar-refractivity contribution >= 4 is 35.5 Å². The van der Waals surface area contributed by atoms with E-state index in [9.17, 15) is 24.0 Å². The molecule has 1 N–H and O–H groups in total. The van der Waals surface area contributed by atoms with Crippen LogP contribution in [0.5, 0.6) is 5.75 Å². The van der Waals surface area contributed by atoms with E-state index in [0.29, 0.717) is 5.75 Å². The Morgan fingerprint density at radius 3 is 1.94 bits per heavy atom. The van der Waals surface area contributed by atoms with Gasteiger partial charge in [-0.1, -0.05) is 12.1 Å². The van der Waals surface area contributed by atoms with Crippen molar-refractivity contribution in [1.29, 1.82) is 0 Å². The van der Waals surface area contributed by atoms with Crippen molar-refractivity contribution in [3.63, 3.8) is 0 Å². The first-order valence-corrected chi connectivity index (χ1v) is 9.14. The van der Waals surface area contributed by atoms with Crippen molar-refractivity contribution in [3.05, 3.63) is 24.3 Å². The fourth-order valence-electron chi connectivity index (χ4n) is 2.53. The van der Waals surface area contributed by atoms with Crippen LogP contribution in [0.15, 0.2) is 24.3 Å². The van der Waals surface area contributed by atoms with Crippen molar-refractivity contribution in [2.45, 2.75) is 46.0 Å². The highest BCUT2D eigenvalue weighted by Gasteiger charge is 2.42. The predicted octanol–water partition coefficient (Wildman–Crippen LogP) is 0.992. The van der Waals surface area contributed by atoms with Crippen molar-refractivity contribution in [2.24, 2.45) is 0 Å².